The predicted molar refractivity (Wildman–Crippen MR) is 140 cm³/mol. The lowest BCUT2D eigenvalue weighted by Crippen LogP contribution is -2.26. The van der Waals surface area contributed by atoms with Crippen molar-refractivity contribution in [3.8, 4) is 11.3 Å². The molecule has 2 heterocycles. The minimum atomic E-state index is -1.07. The van der Waals surface area contributed by atoms with E-state index in [-0.39, 0.29) is 33.7 Å². The zero-order chi connectivity index (χ0) is 26.3. The average Bonchev–Trinajstić information content (AvgIpc) is 3.34. The first-order chi connectivity index (χ1) is 17.8. The van der Waals surface area contributed by atoms with Gasteiger partial charge in [-0.15, -0.1) is 0 Å². The molecule has 7 heteroatoms. The maximum atomic E-state index is 13.2. The third kappa shape index (κ3) is 4.33. The lowest BCUT2D eigenvalue weighted by Gasteiger charge is -2.16. The van der Waals surface area contributed by atoms with Gasteiger partial charge in [-0.3, -0.25) is 14.4 Å². The van der Waals surface area contributed by atoms with Gasteiger partial charge in [-0.2, -0.15) is 0 Å². The first-order valence-corrected chi connectivity index (χ1v) is 12.0. The molecule has 3 aromatic carbocycles. The van der Waals surface area contributed by atoms with Gasteiger partial charge in [0.25, 0.3) is 0 Å². The van der Waals surface area contributed by atoms with Gasteiger partial charge < -0.3 is 14.1 Å². The van der Waals surface area contributed by atoms with Gasteiger partial charge in [0.15, 0.2) is 17.1 Å². The topological polar surface area (TPSA) is 93.9 Å². The summed E-state index contributed by atoms with van der Waals surface area (Å²) in [5, 5.41) is 0.263. The van der Waals surface area contributed by atoms with Crippen LogP contribution in [-0.4, -0.2) is 30.3 Å². The highest BCUT2D eigenvalue weighted by Crippen LogP contribution is 2.30. The van der Waals surface area contributed by atoms with Crippen molar-refractivity contribution >= 4 is 34.3 Å². The normalized spacial score (nSPS) is 13.3. The van der Waals surface area contributed by atoms with Crippen molar-refractivity contribution in [2.24, 2.45) is 0 Å². The molecule has 0 bridgehead atoms. The molecule has 1 amide bonds. The third-order valence-corrected chi connectivity index (χ3v) is 6.69. The Bertz CT molecular complexity index is 1620. The van der Waals surface area contributed by atoms with E-state index in [2.05, 4.69) is 0 Å². The quantitative estimate of drug-likeness (QED) is 0.282. The number of amides is 1. The number of para-hydroxylation sites is 1. The number of hydrogen-bond acceptors (Lipinski definition) is 6. The van der Waals surface area contributed by atoms with Crippen LogP contribution in [0.15, 0.2) is 75.9 Å². The summed E-state index contributed by atoms with van der Waals surface area (Å²) in [6, 6.07) is 19.0. The molecule has 7 nitrogen and oxygen atoms in total. The molecule has 1 aromatic heterocycles. The van der Waals surface area contributed by atoms with Gasteiger partial charge in [0, 0.05) is 35.8 Å². The molecule has 0 aliphatic carbocycles. The van der Waals surface area contributed by atoms with Crippen LogP contribution >= 0.6 is 0 Å². The summed E-state index contributed by atoms with van der Waals surface area (Å²) in [6.45, 7) is 5.28. The second kappa shape index (κ2) is 9.50. The van der Waals surface area contributed by atoms with E-state index in [0.717, 1.165) is 11.3 Å². The number of hydrogen-bond donors (Lipinski definition) is 0. The zero-order valence-electron chi connectivity index (χ0n) is 20.7. The fourth-order valence-corrected chi connectivity index (χ4v) is 4.73. The van der Waals surface area contributed by atoms with Gasteiger partial charge in [0.1, 0.15) is 11.3 Å². The van der Waals surface area contributed by atoms with E-state index in [1.54, 1.807) is 42.2 Å². The van der Waals surface area contributed by atoms with Crippen LogP contribution in [0.5, 0.6) is 0 Å². The van der Waals surface area contributed by atoms with Gasteiger partial charge in [-0.05, 0) is 56.2 Å². The number of rotatable bonds is 5. The molecule has 0 saturated heterocycles. The summed E-state index contributed by atoms with van der Waals surface area (Å²) < 4.78 is 11.6. The van der Waals surface area contributed by atoms with Crippen molar-refractivity contribution in [3.63, 3.8) is 0 Å². The van der Waals surface area contributed by atoms with Gasteiger partial charge in [0.05, 0.1) is 5.39 Å². The summed E-state index contributed by atoms with van der Waals surface area (Å²) >= 11 is 0. The second-order valence-corrected chi connectivity index (χ2v) is 9.11. The average molecular weight is 496 g/mol. The SMILES string of the molecule is CC(=O)N1CCc2cc(C(=O)C(C)OC(=O)c3cccc4c(=O)c(C)c(-c5ccccc5)oc34)ccc21. The standard InChI is InChI=1S/C30H25NO6/c1-17-26(33)23-10-7-11-24(29(23)37-28(17)20-8-5-4-6-9-20)30(35)36-18(2)27(34)22-12-13-25-21(16-22)14-15-31(25)19(3)32/h4-13,16,18H,14-15H2,1-3H3. The molecule has 0 radical (unpaired) electrons. The first kappa shape index (κ1) is 24.2. The largest absolute Gasteiger partial charge is 0.455 e. The molecule has 0 N–H and O–H groups in total. The Labute approximate surface area is 213 Å². The highest BCUT2D eigenvalue weighted by molar-refractivity contribution is 6.05. The second-order valence-electron chi connectivity index (χ2n) is 9.11. The van der Waals surface area contributed by atoms with Gasteiger partial charge in [0.2, 0.25) is 11.7 Å². The molecule has 1 atom stereocenters. The highest BCUT2D eigenvalue weighted by atomic mass is 16.5. The molecular weight excluding hydrogens is 470 g/mol. The maximum Gasteiger partial charge on any atom is 0.342 e. The smallest absolute Gasteiger partial charge is 0.342 e. The van der Waals surface area contributed by atoms with E-state index >= 15 is 0 Å². The summed E-state index contributed by atoms with van der Waals surface area (Å²) in [5.41, 5.74) is 3.19. The van der Waals surface area contributed by atoms with Crippen LogP contribution in [0.4, 0.5) is 5.69 Å². The number of anilines is 1. The van der Waals surface area contributed by atoms with Crippen LogP contribution in [0.1, 0.15) is 45.7 Å². The van der Waals surface area contributed by atoms with Gasteiger partial charge >= 0.3 is 5.97 Å². The minimum Gasteiger partial charge on any atom is -0.455 e. The molecule has 1 aliphatic rings. The van der Waals surface area contributed by atoms with Crippen LogP contribution in [0, 0.1) is 6.92 Å². The number of Topliss-reactive ketones (excluding diaryl/α,β-unsaturated/α-hetero) is 1. The number of ether oxygens (including phenoxy) is 1. The van der Waals surface area contributed by atoms with Crippen LogP contribution < -0.4 is 10.3 Å². The van der Waals surface area contributed by atoms with Crippen molar-refractivity contribution in [2.45, 2.75) is 33.3 Å². The minimum absolute atomic E-state index is 0.0486. The number of benzene rings is 3. The lowest BCUT2D eigenvalue weighted by atomic mass is 10.0. The van der Waals surface area contributed by atoms with Gasteiger partial charge in [-0.1, -0.05) is 36.4 Å². The predicted octanol–water partition coefficient (Wildman–Crippen LogP) is 5.11. The van der Waals surface area contributed by atoms with Crippen LogP contribution in [-0.2, 0) is 16.0 Å². The number of fused-ring (bicyclic) bond motifs is 2. The Morgan fingerprint density at radius 3 is 2.49 bits per heavy atom. The fraction of sp³-hybridized carbons (Fsp3) is 0.200. The fourth-order valence-electron chi connectivity index (χ4n) is 4.73. The van der Waals surface area contributed by atoms with Crippen molar-refractivity contribution in [3.05, 3.63) is 99.2 Å². The summed E-state index contributed by atoms with van der Waals surface area (Å²) in [7, 11) is 0. The maximum absolute atomic E-state index is 13.2. The Balaban J connectivity index is 1.44. The molecule has 5 rings (SSSR count). The van der Waals surface area contributed by atoms with Crippen molar-refractivity contribution < 1.29 is 23.5 Å². The number of esters is 1. The third-order valence-electron chi connectivity index (χ3n) is 6.69. The van der Waals surface area contributed by atoms with Crippen LogP contribution in [0.25, 0.3) is 22.3 Å². The zero-order valence-corrected chi connectivity index (χ0v) is 20.7. The molecule has 37 heavy (non-hydrogen) atoms. The van der Waals surface area contributed by atoms with E-state index in [1.807, 2.05) is 30.3 Å². The van der Waals surface area contributed by atoms with E-state index in [0.29, 0.717) is 35.4 Å². The molecule has 0 fully saturated rings. The number of carbonyl (C=O) groups is 3. The number of ketones is 1. The molecular formula is C30H25NO6. The van der Waals surface area contributed by atoms with Gasteiger partial charge in [-0.25, -0.2) is 4.79 Å². The van der Waals surface area contributed by atoms with Crippen LogP contribution in [0.2, 0.25) is 0 Å². The Morgan fingerprint density at radius 1 is 1.00 bits per heavy atom. The Hall–Kier alpha value is -4.52. The number of carbonyl (C=O) groups excluding carboxylic acids is 3. The molecule has 1 aliphatic heterocycles. The summed E-state index contributed by atoms with van der Waals surface area (Å²) in [5.74, 6) is -0.797. The monoisotopic (exact) mass is 495 g/mol. The molecule has 4 aromatic rings. The van der Waals surface area contributed by atoms with Crippen LogP contribution in [0.3, 0.4) is 0 Å². The van der Waals surface area contributed by atoms with E-state index in [4.69, 9.17) is 9.15 Å². The molecule has 1 unspecified atom stereocenters. The summed E-state index contributed by atoms with van der Waals surface area (Å²) in [4.78, 5) is 52.8. The van der Waals surface area contributed by atoms with E-state index < -0.39 is 12.1 Å². The Morgan fingerprint density at radius 2 is 1.76 bits per heavy atom. The highest BCUT2D eigenvalue weighted by Gasteiger charge is 2.27. The number of nitrogens with zero attached hydrogens (tertiary/aromatic N) is 1. The van der Waals surface area contributed by atoms with Crippen molar-refractivity contribution in [1.29, 1.82) is 0 Å². The Kier molecular flexibility index (Phi) is 6.21. The van der Waals surface area contributed by atoms with E-state index in [9.17, 15) is 19.2 Å². The van der Waals surface area contributed by atoms with Crippen molar-refractivity contribution in [2.75, 3.05) is 11.4 Å². The molecule has 0 saturated carbocycles. The van der Waals surface area contributed by atoms with Crippen molar-refractivity contribution in [1.82, 2.24) is 0 Å². The van der Waals surface area contributed by atoms with E-state index in [1.165, 1.54) is 19.9 Å². The molecule has 186 valence electrons. The lowest BCUT2D eigenvalue weighted by molar-refractivity contribution is -0.116. The summed E-state index contributed by atoms with van der Waals surface area (Å²) in [6.07, 6.45) is -0.417. The molecule has 0 spiro atoms. The first-order valence-electron chi connectivity index (χ1n) is 12.0.